The van der Waals surface area contributed by atoms with Crippen LogP contribution in [-0.2, 0) is 39.8 Å². The molecule has 0 aliphatic carbocycles. The number of carbonyl (C=O) groups is 4. The van der Waals surface area contributed by atoms with Crippen LogP contribution in [0.5, 0.6) is 5.75 Å². The van der Waals surface area contributed by atoms with Crippen molar-refractivity contribution < 1.29 is 48.0 Å². The highest BCUT2D eigenvalue weighted by Gasteiger charge is 2.64. The summed E-state index contributed by atoms with van der Waals surface area (Å²) >= 11 is 8.43. The second-order valence-corrected chi connectivity index (χ2v) is 17.3. The van der Waals surface area contributed by atoms with E-state index in [4.69, 9.17) is 35.3 Å². The van der Waals surface area contributed by atoms with E-state index in [0.29, 0.717) is 24.3 Å². The zero-order valence-corrected chi connectivity index (χ0v) is 34.8. The predicted molar refractivity (Wildman–Crippen MR) is 208 cm³/mol. The van der Waals surface area contributed by atoms with E-state index in [1.165, 1.54) is 24.0 Å². The lowest BCUT2D eigenvalue weighted by molar-refractivity contribution is -0.162. The molecule has 54 heavy (non-hydrogen) atoms. The first-order valence-corrected chi connectivity index (χ1v) is 19.7. The summed E-state index contributed by atoms with van der Waals surface area (Å²) in [5, 5.41) is 14.5. The summed E-state index contributed by atoms with van der Waals surface area (Å²) in [5.74, 6) is -1.50. The quantitative estimate of drug-likeness (QED) is 0.243. The van der Waals surface area contributed by atoms with Crippen LogP contribution >= 0.6 is 23.4 Å². The zero-order chi connectivity index (χ0) is 40.3. The molecule has 3 aliphatic rings. The number of hydrogen-bond donors (Lipinski definition) is 2. The number of esters is 1. The number of alkyl carbamates (subject to hydrolysis) is 1. The maximum atomic E-state index is 14.2. The molecule has 3 amide bonds. The van der Waals surface area contributed by atoms with Crippen molar-refractivity contribution in [2.24, 2.45) is 5.92 Å². The molecule has 2 N–H and O–H groups in total. The number of anilines is 1. The van der Waals surface area contributed by atoms with E-state index in [9.17, 15) is 24.3 Å². The van der Waals surface area contributed by atoms with E-state index in [0.717, 1.165) is 11.1 Å². The molecular weight excluding hydrogens is 738 g/mol. The van der Waals surface area contributed by atoms with Gasteiger partial charge in [0.25, 0.3) is 0 Å². The maximum Gasteiger partial charge on any atom is 0.409 e. The fourth-order valence-corrected chi connectivity index (χ4v) is 7.52. The van der Waals surface area contributed by atoms with Gasteiger partial charge in [0.2, 0.25) is 11.8 Å². The summed E-state index contributed by atoms with van der Waals surface area (Å²) < 4.78 is 29.2. The Kier molecular flexibility index (Phi) is 13.9. The Morgan fingerprint density at radius 1 is 1.26 bits per heavy atom. The summed E-state index contributed by atoms with van der Waals surface area (Å²) in [7, 11) is 6.07. The van der Waals surface area contributed by atoms with Crippen molar-refractivity contribution in [1.29, 1.82) is 0 Å². The summed E-state index contributed by atoms with van der Waals surface area (Å²) in [5.41, 5.74) is -0.894. The molecule has 300 valence electrons. The third-order valence-corrected chi connectivity index (χ3v) is 12.7. The lowest BCUT2D eigenvalue weighted by Crippen LogP contribution is -2.63. The van der Waals surface area contributed by atoms with Gasteiger partial charge in [-0.05, 0) is 57.6 Å². The van der Waals surface area contributed by atoms with Gasteiger partial charge in [0.1, 0.15) is 40.7 Å². The van der Waals surface area contributed by atoms with Gasteiger partial charge < -0.3 is 38.6 Å². The summed E-state index contributed by atoms with van der Waals surface area (Å²) in [6, 6.07) is 2.63. The number of carbonyl (C=O) groups excluding carboxylic acids is 4. The molecule has 1 aromatic carbocycles. The number of methoxy groups -OCH3 is 2. The normalized spacial score (nSPS) is 30.6. The first kappa shape index (κ1) is 43.4. The smallest absolute Gasteiger partial charge is 0.409 e. The van der Waals surface area contributed by atoms with Crippen LogP contribution in [0.15, 0.2) is 35.9 Å². The number of nitrogens with zero attached hydrogens (tertiary/aromatic N) is 2. The van der Waals surface area contributed by atoms with Gasteiger partial charge in [-0.15, -0.1) is 0 Å². The number of thioether (sulfide) groups is 1. The molecule has 2 fully saturated rings. The number of fused-ring (bicyclic) bond motifs is 5. The standard InChI is InChI=1S/C39H56ClN3O10S/c1-22-13-12-14-29(50-10)39(48)21-28(51-36(47)41-39)23(2)34-38(6,53-34)30(52-35(46)24(3)42(7)31(44)15-16-37(4,5)54-11)20-32(45)43(8)26-18-25(17-22)19-27(49-9)33(26)40/h12-14,18-19,23-24,28-30,34,48H,15-17,20-21H2,1-11H3,(H,41,47)/b14-12?,22-13-/t23-,24+,28+,29-,30?,34+,38+,39+/m1/s1. The van der Waals surface area contributed by atoms with Crippen molar-refractivity contribution >= 4 is 52.9 Å². The number of hydrogen-bond acceptors (Lipinski definition) is 11. The highest BCUT2D eigenvalue weighted by molar-refractivity contribution is 7.99. The average molecular weight is 794 g/mol. The molecule has 0 spiro atoms. The molecule has 0 saturated carbocycles. The van der Waals surface area contributed by atoms with E-state index >= 15 is 0 Å². The molecule has 13 nitrogen and oxygen atoms in total. The summed E-state index contributed by atoms with van der Waals surface area (Å²) in [6.45, 7) is 11.2. The van der Waals surface area contributed by atoms with Crippen LogP contribution in [0, 0.1) is 5.92 Å². The fraction of sp³-hybridized carbons (Fsp3) is 0.641. The topological polar surface area (TPSA) is 156 Å². The van der Waals surface area contributed by atoms with E-state index in [-0.39, 0.29) is 34.9 Å². The number of rotatable bonds is 9. The van der Waals surface area contributed by atoms with Crippen LogP contribution < -0.4 is 15.0 Å². The van der Waals surface area contributed by atoms with E-state index in [2.05, 4.69) is 19.2 Å². The van der Waals surface area contributed by atoms with Gasteiger partial charge in [-0.2, -0.15) is 11.8 Å². The van der Waals surface area contributed by atoms with Gasteiger partial charge in [0.05, 0.1) is 25.3 Å². The van der Waals surface area contributed by atoms with E-state index in [1.807, 2.05) is 19.3 Å². The zero-order valence-electron chi connectivity index (χ0n) is 33.2. The Morgan fingerprint density at radius 3 is 2.57 bits per heavy atom. The molecule has 1 aromatic rings. The van der Waals surface area contributed by atoms with Crippen molar-refractivity contribution in [3.8, 4) is 5.75 Å². The molecule has 1 unspecified atom stereocenters. The van der Waals surface area contributed by atoms with Gasteiger partial charge >= 0.3 is 12.1 Å². The van der Waals surface area contributed by atoms with E-state index < -0.39 is 65.7 Å². The monoisotopic (exact) mass is 793 g/mol. The lowest BCUT2D eigenvalue weighted by Gasteiger charge is -2.42. The van der Waals surface area contributed by atoms with Crippen LogP contribution in [0.2, 0.25) is 5.02 Å². The first-order valence-electron chi connectivity index (χ1n) is 18.1. The maximum absolute atomic E-state index is 14.2. The van der Waals surface area contributed by atoms with Gasteiger partial charge in [-0.1, -0.05) is 56.2 Å². The number of aliphatic hydroxyl groups is 1. The van der Waals surface area contributed by atoms with Gasteiger partial charge in [0, 0.05) is 44.7 Å². The minimum atomic E-state index is -1.82. The minimum absolute atomic E-state index is 0.0467. The summed E-state index contributed by atoms with van der Waals surface area (Å²) in [4.78, 5) is 56.8. The van der Waals surface area contributed by atoms with Crippen molar-refractivity contribution in [2.45, 2.75) is 120 Å². The van der Waals surface area contributed by atoms with Crippen molar-refractivity contribution in [3.63, 3.8) is 0 Å². The van der Waals surface area contributed by atoms with Gasteiger partial charge in [0.15, 0.2) is 5.72 Å². The number of nitrogens with one attached hydrogen (secondary N) is 1. The molecule has 2 saturated heterocycles. The van der Waals surface area contributed by atoms with Crippen molar-refractivity contribution in [2.75, 3.05) is 39.5 Å². The molecule has 0 aromatic heterocycles. The number of likely N-dealkylation sites (N-methyl/N-ethyl adjacent to an activating group) is 1. The Hall–Kier alpha value is -3.30. The lowest BCUT2D eigenvalue weighted by atomic mass is 9.83. The number of allylic oxidation sites excluding steroid dienone is 3. The number of ether oxygens (including phenoxy) is 5. The third-order valence-electron chi connectivity index (χ3n) is 11.0. The fourth-order valence-electron chi connectivity index (χ4n) is 6.90. The van der Waals surface area contributed by atoms with Crippen LogP contribution in [0.3, 0.4) is 0 Å². The highest BCUT2D eigenvalue weighted by Crippen LogP contribution is 2.49. The Labute approximate surface area is 328 Å². The average Bonchev–Trinajstić information content (AvgIpc) is 3.82. The van der Waals surface area contributed by atoms with Crippen LogP contribution in [-0.4, -0.2) is 115 Å². The predicted octanol–water partition coefficient (Wildman–Crippen LogP) is 5.44. The van der Waals surface area contributed by atoms with Crippen LogP contribution in [0.4, 0.5) is 10.5 Å². The largest absolute Gasteiger partial charge is 0.495 e. The highest BCUT2D eigenvalue weighted by atomic mass is 35.5. The molecule has 15 heteroatoms. The second-order valence-electron chi connectivity index (χ2n) is 15.4. The number of epoxide rings is 1. The van der Waals surface area contributed by atoms with Crippen molar-refractivity contribution in [1.82, 2.24) is 10.2 Å². The number of halogens is 1. The third kappa shape index (κ3) is 9.73. The van der Waals surface area contributed by atoms with Gasteiger partial charge in [-0.25, -0.2) is 9.59 Å². The Bertz CT molecular complexity index is 1650. The number of amides is 3. The Morgan fingerprint density at radius 2 is 1.94 bits per heavy atom. The molecule has 4 bridgehead atoms. The molecule has 8 atom stereocenters. The molecule has 4 rings (SSSR count). The van der Waals surface area contributed by atoms with Crippen LogP contribution in [0.25, 0.3) is 0 Å². The second kappa shape index (κ2) is 17.2. The van der Waals surface area contributed by atoms with Gasteiger partial charge in [-0.3, -0.25) is 14.9 Å². The first-order chi connectivity index (χ1) is 25.2. The summed E-state index contributed by atoms with van der Waals surface area (Å²) in [6.07, 6.45) is 3.84. The van der Waals surface area contributed by atoms with Crippen LogP contribution in [0.1, 0.15) is 72.8 Å². The Balaban J connectivity index is 1.73. The van der Waals surface area contributed by atoms with E-state index in [1.54, 1.807) is 70.9 Å². The minimum Gasteiger partial charge on any atom is -0.495 e. The number of benzene rings is 1. The molecule has 3 aliphatic heterocycles. The molecule has 0 radical (unpaired) electrons. The molecule has 3 heterocycles. The SMILES string of the molecule is COc1cc2cc(c1Cl)N(C)C(=O)CC(OC(=O)[C@H](C)N(C)C(=O)CCC(C)(C)SC)[C@]1(C)O[C@H]1[C@H](C)[C@@H]1C[C@@](O)(NC(=O)O1)[C@H](OC)C=C/C=C(/C)C2. The molecular formula is C39H56ClN3O10S. The van der Waals surface area contributed by atoms with Crippen molar-refractivity contribution in [3.05, 3.63) is 46.5 Å².